The Balaban J connectivity index is 2.19. The molecule has 2 atom stereocenters. The predicted molar refractivity (Wildman–Crippen MR) is 100 cm³/mol. The van der Waals surface area contributed by atoms with Crippen LogP contribution in [0.4, 0.5) is 4.79 Å². The number of hydrogen-bond acceptors (Lipinski definition) is 2. The van der Waals surface area contributed by atoms with Crippen molar-refractivity contribution in [1.82, 2.24) is 4.90 Å². The molecule has 1 aromatic rings. The molecule has 1 saturated heterocycles. The lowest BCUT2D eigenvalue weighted by Gasteiger charge is -2.37. The maximum absolute atomic E-state index is 11.5. The molecule has 0 bridgehead atoms. The lowest BCUT2D eigenvalue weighted by Crippen LogP contribution is -2.42. The van der Waals surface area contributed by atoms with Gasteiger partial charge in [-0.1, -0.05) is 45.0 Å². The third-order valence-electron chi connectivity index (χ3n) is 5.76. The van der Waals surface area contributed by atoms with Crippen molar-refractivity contribution in [3.05, 3.63) is 35.4 Å². The minimum atomic E-state index is -1.83. The lowest BCUT2D eigenvalue weighted by atomic mass is 9.87. The van der Waals surface area contributed by atoms with Crippen LogP contribution in [-0.4, -0.2) is 44.1 Å². The number of benzene rings is 1. The van der Waals surface area contributed by atoms with Gasteiger partial charge in [-0.3, -0.25) is 0 Å². The fourth-order valence-electron chi connectivity index (χ4n) is 3.08. The third-order valence-corrected chi connectivity index (χ3v) is 10.3. The lowest BCUT2D eigenvalue weighted by molar-refractivity contribution is 0.151. The summed E-state index contributed by atoms with van der Waals surface area (Å²) in [6.45, 7) is 15.1. The normalized spacial score (nSPS) is 22.0. The molecule has 0 saturated carbocycles. The average Bonchev–Trinajstić information content (AvgIpc) is 2.89. The van der Waals surface area contributed by atoms with Crippen LogP contribution in [0.5, 0.6) is 0 Å². The van der Waals surface area contributed by atoms with Crippen LogP contribution >= 0.6 is 0 Å². The molecule has 1 fully saturated rings. The maximum atomic E-state index is 11.5. The molecule has 0 radical (unpaired) electrons. The molecule has 0 unspecified atom stereocenters. The molecule has 1 amide bonds. The summed E-state index contributed by atoms with van der Waals surface area (Å²) < 4.78 is 6.42. The van der Waals surface area contributed by atoms with Crippen molar-refractivity contribution in [2.45, 2.75) is 51.7 Å². The first-order chi connectivity index (χ1) is 11.0. The van der Waals surface area contributed by atoms with Crippen LogP contribution in [0.15, 0.2) is 24.3 Å². The smallest absolute Gasteiger partial charge is 0.407 e. The van der Waals surface area contributed by atoms with Gasteiger partial charge in [-0.05, 0) is 36.2 Å². The Hall–Kier alpha value is -1.33. The maximum Gasteiger partial charge on any atom is 0.407 e. The van der Waals surface area contributed by atoms with Crippen molar-refractivity contribution in [1.29, 1.82) is 0 Å². The van der Waals surface area contributed by atoms with E-state index < -0.39 is 14.4 Å². The quantitative estimate of drug-likeness (QED) is 0.801. The molecule has 4 nitrogen and oxygen atoms in total. The summed E-state index contributed by atoms with van der Waals surface area (Å²) in [5.74, 6) is 0.434. The second kappa shape index (κ2) is 6.88. The molecule has 1 aromatic carbocycles. The molecule has 2 rings (SSSR count). The van der Waals surface area contributed by atoms with Gasteiger partial charge in [0.25, 0.3) is 0 Å². The van der Waals surface area contributed by atoms with Crippen LogP contribution in [0.25, 0.3) is 0 Å². The molecule has 1 aliphatic heterocycles. The van der Waals surface area contributed by atoms with Gasteiger partial charge in [0.05, 0.1) is 0 Å². The number of carbonyl (C=O) groups is 1. The Morgan fingerprint density at radius 1 is 1.29 bits per heavy atom. The summed E-state index contributed by atoms with van der Waals surface area (Å²) in [7, 11) is -1.83. The van der Waals surface area contributed by atoms with E-state index in [0.29, 0.717) is 19.7 Å². The highest BCUT2D eigenvalue weighted by Crippen LogP contribution is 2.39. The Morgan fingerprint density at radius 2 is 1.92 bits per heavy atom. The van der Waals surface area contributed by atoms with Crippen LogP contribution < -0.4 is 0 Å². The van der Waals surface area contributed by atoms with Crippen LogP contribution in [0, 0.1) is 12.8 Å². The molecule has 0 aromatic heterocycles. The largest absolute Gasteiger partial charge is 0.465 e. The van der Waals surface area contributed by atoms with Gasteiger partial charge in [0.1, 0.15) is 0 Å². The molecule has 1 heterocycles. The van der Waals surface area contributed by atoms with Gasteiger partial charge >= 0.3 is 6.09 Å². The third kappa shape index (κ3) is 4.01. The first-order valence-corrected chi connectivity index (χ1v) is 11.6. The van der Waals surface area contributed by atoms with Gasteiger partial charge in [0, 0.05) is 31.5 Å². The first kappa shape index (κ1) is 19.0. The molecule has 1 aliphatic rings. The Labute approximate surface area is 147 Å². The first-order valence-electron chi connectivity index (χ1n) is 8.70. The van der Waals surface area contributed by atoms with Gasteiger partial charge < -0.3 is 14.4 Å². The summed E-state index contributed by atoms with van der Waals surface area (Å²) in [5.41, 5.74) is 2.48. The average molecular weight is 350 g/mol. The van der Waals surface area contributed by atoms with E-state index in [1.165, 1.54) is 16.0 Å². The van der Waals surface area contributed by atoms with Crippen molar-refractivity contribution in [3.8, 4) is 0 Å². The highest BCUT2D eigenvalue weighted by molar-refractivity contribution is 6.74. The molecule has 1 N–H and O–H groups in total. The van der Waals surface area contributed by atoms with Crippen LogP contribution in [0.2, 0.25) is 18.1 Å². The fourth-order valence-corrected chi connectivity index (χ4v) is 4.15. The summed E-state index contributed by atoms with van der Waals surface area (Å²) in [4.78, 5) is 13.0. The van der Waals surface area contributed by atoms with E-state index in [4.69, 9.17) is 4.43 Å². The standard InChI is InChI=1S/C19H31NO3Si/c1-14-9-7-8-10-16(14)17-12-20(18(21)22)11-15(17)13-23-24(5,6)19(2,3)4/h7-10,15,17H,11-13H2,1-6H3,(H,21,22)/t15-,17+/m1/s1. The van der Waals surface area contributed by atoms with Crippen molar-refractivity contribution < 1.29 is 14.3 Å². The Morgan fingerprint density at radius 3 is 2.46 bits per heavy atom. The van der Waals surface area contributed by atoms with Gasteiger partial charge in [0.2, 0.25) is 0 Å². The van der Waals surface area contributed by atoms with Gasteiger partial charge in [-0.2, -0.15) is 0 Å². The summed E-state index contributed by atoms with van der Waals surface area (Å²) in [6.07, 6.45) is -0.830. The van der Waals surface area contributed by atoms with E-state index in [0.717, 1.165) is 0 Å². The topological polar surface area (TPSA) is 49.8 Å². The molecular weight excluding hydrogens is 318 g/mol. The zero-order valence-electron chi connectivity index (χ0n) is 15.8. The zero-order valence-corrected chi connectivity index (χ0v) is 16.8. The van der Waals surface area contributed by atoms with Crippen LogP contribution in [0.3, 0.4) is 0 Å². The Bertz CT molecular complexity index is 595. The summed E-state index contributed by atoms with van der Waals surface area (Å²) >= 11 is 0. The second-order valence-electron chi connectivity index (χ2n) is 8.48. The van der Waals surface area contributed by atoms with Crippen LogP contribution in [-0.2, 0) is 4.43 Å². The minimum Gasteiger partial charge on any atom is -0.465 e. The van der Waals surface area contributed by atoms with E-state index in [-0.39, 0.29) is 16.9 Å². The zero-order chi connectivity index (χ0) is 18.1. The highest BCUT2D eigenvalue weighted by atomic mass is 28.4. The number of rotatable bonds is 4. The highest BCUT2D eigenvalue weighted by Gasteiger charge is 2.41. The van der Waals surface area contributed by atoms with Gasteiger partial charge in [0.15, 0.2) is 8.32 Å². The predicted octanol–water partition coefficient (Wildman–Crippen LogP) is 4.71. The molecule has 0 spiro atoms. The van der Waals surface area contributed by atoms with Crippen molar-refractivity contribution in [2.24, 2.45) is 5.92 Å². The van der Waals surface area contributed by atoms with E-state index in [2.05, 4.69) is 52.9 Å². The number of nitrogens with zero attached hydrogens (tertiary/aromatic N) is 1. The molecular formula is C19H31NO3Si. The van der Waals surface area contributed by atoms with Crippen molar-refractivity contribution in [2.75, 3.05) is 19.7 Å². The fraction of sp³-hybridized carbons (Fsp3) is 0.632. The van der Waals surface area contributed by atoms with Crippen molar-refractivity contribution >= 4 is 14.4 Å². The SMILES string of the molecule is Cc1ccccc1[C@H]1CN(C(=O)O)C[C@@H]1CO[Si](C)(C)C(C)(C)C. The molecule has 24 heavy (non-hydrogen) atoms. The van der Waals surface area contributed by atoms with Crippen LogP contribution in [0.1, 0.15) is 37.8 Å². The van der Waals surface area contributed by atoms with E-state index in [1.54, 1.807) is 0 Å². The minimum absolute atomic E-state index is 0.163. The summed E-state index contributed by atoms with van der Waals surface area (Å²) in [6, 6.07) is 8.30. The van der Waals surface area contributed by atoms with E-state index in [1.807, 2.05) is 12.1 Å². The molecule has 0 aliphatic carbocycles. The Kier molecular flexibility index (Phi) is 5.45. The van der Waals surface area contributed by atoms with Gasteiger partial charge in [-0.15, -0.1) is 0 Å². The second-order valence-corrected chi connectivity index (χ2v) is 13.3. The number of aryl methyl sites for hydroxylation is 1. The number of likely N-dealkylation sites (tertiary alicyclic amines) is 1. The molecule has 5 heteroatoms. The van der Waals surface area contributed by atoms with E-state index >= 15 is 0 Å². The number of amides is 1. The molecule has 134 valence electrons. The summed E-state index contributed by atoms with van der Waals surface area (Å²) in [5, 5.41) is 9.58. The number of hydrogen-bond donors (Lipinski definition) is 1. The van der Waals surface area contributed by atoms with E-state index in [9.17, 15) is 9.90 Å². The monoisotopic (exact) mass is 349 g/mol. The number of carboxylic acid groups (broad SMARTS) is 1. The van der Waals surface area contributed by atoms with Crippen molar-refractivity contribution in [3.63, 3.8) is 0 Å². The van der Waals surface area contributed by atoms with Gasteiger partial charge in [-0.25, -0.2) is 4.79 Å².